The van der Waals surface area contributed by atoms with E-state index < -0.39 is 10.2 Å². The molecule has 1 N–H and O–H groups in total. The van der Waals surface area contributed by atoms with Crippen molar-refractivity contribution in [3.05, 3.63) is 30.6 Å². The fraction of sp³-hybridized carbons (Fsp3) is 0.375. The second-order valence-corrected chi connectivity index (χ2v) is 4.98. The predicted molar refractivity (Wildman–Crippen MR) is 54.9 cm³/mol. The Kier molecular flexibility index (Phi) is 2.18. The van der Waals surface area contributed by atoms with E-state index >= 15 is 0 Å². The van der Waals surface area contributed by atoms with Crippen LogP contribution >= 0.6 is 0 Å². The van der Waals surface area contributed by atoms with Crippen LogP contribution in [0.5, 0.6) is 0 Å². The second kappa shape index (κ2) is 3.27. The highest BCUT2D eigenvalue weighted by atomic mass is 32.2. The van der Waals surface area contributed by atoms with Gasteiger partial charge in [0.1, 0.15) is 12.0 Å². The van der Waals surface area contributed by atoms with E-state index in [0.717, 1.165) is 3.97 Å². The highest BCUT2D eigenvalue weighted by Crippen LogP contribution is 2.14. The summed E-state index contributed by atoms with van der Waals surface area (Å²) in [6, 6.07) is 0. The molecule has 82 valence electrons. The van der Waals surface area contributed by atoms with Crippen molar-refractivity contribution in [2.75, 3.05) is 0 Å². The molecule has 0 radical (unpaired) electrons. The quantitative estimate of drug-likeness (QED) is 0.774. The Labute approximate surface area is 88.4 Å². The average molecular weight is 228 g/mol. The maximum Gasteiger partial charge on any atom is 0.332 e. The summed E-state index contributed by atoms with van der Waals surface area (Å²) >= 11 is 0. The predicted octanol–water partition coefficient (Wildman–Crippen LogP) is 0.00682. The Morgan fingerprint density at radius 2 is 2.27 bits per heavy atom. The van der Waals surface area contributed by atoms with Crippen LogP contribution in [0.2, 0.25) is 0 Å². The minimum Gasteiger partial charge on any atom is -0.369 e. The van der Waals surface area contributed by atoms with Crippen molar-refractivity contribution in [1.82, 2.24) is 18.6 Å². The van der Waals surface area contributed by atoms with Crippen LogP contribution in [0.3, 0.4) is 0 Å². The van der Waals surface area contributed by atoms with Crippen LogP contribution in [0.15, 0.2) is 24.8 Å². The molecular weight excluding hydrogens is 216 g/mol. The number of aromatic nitrogens is 2. The molecule has 0 bridgehead atoms. The van der Waals surface area contributed by atoms with E-state index in [-0.39, 0.29) is 6.17 Å². The van der Waals surface area contributed by atoms with Crippen molar-refractivity contribution in [3.8, 4) is 0 Å². The third-order valence-corrected chi connectivity index (χ3v) is 4.09. The Hall–Kier alpha value is -1.50. The number of hydrogen-bond donors (Lipinski definition) is 1. The van der Waals surface area contributed by atoms with E-state index in [1.165, 1.54) is 22.9 Å². The molecule has 1 atom stereocenters. The third kappa shape index (κ3) is 1.48. The van der Waals surface area contributed by atoms with Crippen LogP contribution in [0, 0.1) is 6.92 Å². The van der Waals surface area contributed by atoms with Gasteiger partial charge in [0.2, 0.25) is 0 Å². The lowest BCUT2D eigenvalue weighted by atomic mass is 10.6. The van der Waals surface area contributed by atoms with Crippen molar-refractivity contribution < 1.29 is 8.42 Å². The molecule has 0 amide bonds. The molecule has 2 rings (SSSR count). The largest absolute Gasteiger partial charge is 0.369 e. The smallest absolute Gasteiger partial charge is 0.332 e. The van der Waals surface area contributed by atoms with Gasteiger partial charge in [0.05, 0.1) is 0 Å². The Morgan fingerprint density at radius 1 is 1.53 bits per heavy atom. The van der Waals surface area contributed by atoms with E-state index in [2.05, 4.69) is 10.3 Å². The molecule has 1 unspecified atom stereocenters. The summed E-state index contributed by atoms with van der Waals surface area (Å²) in [5, 5.41) is 2.89. The summed E-state index contributed by atoms with van der Waals surface area (Å²) in [6.45, 7) is 3.42. The first-order chi connectivity index (χ1) is 7.03. The lowest BCUT2D eigenvalue weighted by Gasteiger charge is -2.22. The van der Waals surface area contributed by atoms with Gasteiger partial charge in [-0.3, -0.25) is 0 Å². The standard InChI is InChI=1S/C8H12N4O2S/c1-7-9-3-5-11(7)15(13,14)12-6-4-10-8(12)2/h3-7,9H,1-2H3. The van der Waals surface area contributed by atoms with Crippen molar-refractivity contribution >= 4 is 10.2 Å². The second-order valence-electron chi connectivity index (χ2n) is 3.27. The number of aryl methyl sites for hydroxylation is 1. The lowest BCUT2D eigenvalue weighted by molar-refractivity contribution is 0.415. The summed E-state index contributed by atoms with van der Waals surface area (Å²) in [5.41, 5.74) is 0. The van der Waals surface area contributed by atoms with E-state index in [1.54, 1.807) is 20.0 Å². The van der Waals surface area contributed by atoms with Gasteiger partial charge in [-0.2, -0.15) is 8.42 Å². The molecule has 0 saturated carbocycles. The molecule has 2 heterocycles. The first-order valence-corrected chi connectivity index (χ1v) is 5.90. The Morgan fingerprint density at radius 3 is 2.73 bits per heavy atom. The first-order valence-electron chi connectivity index (χ1n) is 4.50. The van der Waals surface area contributed by atoms with Crippen LogP contribution in [-0.2, 0) is 10.2 Å². The molecule has 6 nitrogen and oxygen atoms in total. The van der Waals surface area contributed by atoms with Crippen LogP contribution in [-0.4, -0.2) is 27.8 Å². The molecule has 15 heavy (non-hydrogen) atoms. The van der Waals surface area contributed by atoms with Gasteiger partial charge in [0.15, 0.2) is 0 Å². The maximum absolute atomic E-state index is 12.1. The molecule has 1 aliphatic heterocycles. The van der Waals surface area contributed by atoms with Gasteiger partial charge in [0, 0.05) is 24.8 Å². The molecule has 1 aromatic rings. The molecule has 1 aliphatic rings. The molecule has 1 aromatic heterocycles. The highest BCUT2D eigenvalue weighted by Gasteiger charge is 2.28. The van der Waals surface area contributed by atoms with Gasteiger partial charge in [-0.15, -0.1) is 0 Å². The molecular formula is C8H12N4O2S. The van der Waals surface area contributed by atoms with Gasteiger partial charge in [-0.25, -0.2) is 13.3 Å². The van der Waals surface area contributed by atoms with Gasteiger partial charge in [-0.1, -0.05) is 0 Å². The number of imidazole rings is 1. The molecule has 0 aromatic carbocycles. The minimum atomic E-state index is -3.54. The molecule has 0 saturated heterocycles. The van der Waals surface area contributed by atoms with Crippen molar-refractivity contribution in [2.24, 2.45) is 0 Å². The number of rotatable bonds is 2. The van der Waals surface area contributed by atoms with Crippen LogP contribution in [0.25, 0.3) is 0 Å². The molecule has 0 aliphatic carbocycles. The highest BCUT2D eigenvalue weighted by molar-refractivity contribution is 7.87. The van der Waals surface area contributed by atoms with Crippen molar-refractivity contribution in [1.29, 1.82) is 0 Å². The lowest BCUT2D eigenvalue weighted by Crippen LogP contribution is -2.40. The van der Waals surface area contributed by atoms with E-state index in [4.69, 9.17) is 0 Å². The zero-order valence-electron chi connectivity index (χ0n) is 8.45. The summed E-state index contributed by atoms with van der Waals surface area (Å²) in [4.78, 5) is 3.89. The summed E-state index contributed by atoms with van der Waals surface area (Å²) in [7, 11) is -3.54. The summed E-state index contributed by atoms with van der Waals surface area (Å²) in [6.07, 6.45) is 5.74. The zero-order chi connectivity index (χ0) is 11.1. The van der Waals surface area contributed by atoms with Gasteiger partial charge >= 0.3 is 10.2 Å². The third-order valence-electron chi connectivity index (χ3n) is 2.24. The van der Waals surface area contributed by atoms with E-state index in [1.807, 2.05) is 0 Å². The van der Waals surface area contributed by atoms with E-state index in [0.29, 0.717) is 5.82 Å². The molecule has 7 heteroatoms. The normalized spacial score (nSPS) is 20.7. The molecule has 0 fully saturated rings. The zero-order valence-corrected chi connectivity index (χ0v) is 9.27. The van der Waals surface area contributed by atoms with Crippen molar-refractivity contribution in [3.63, 3.8) is 0 Å². The Bertz CT molecular complexity index is 490. The number of nitrogens with zero attached hydrogens (tertiary/aromatic N) is 3. The van der Waals surface area contributed by atoms with Crippen LogP contribution < -0.4 is 5.32 Å². The maximum atomic E-state index is 12.1. The fourth-order valence-corrected chi connectivity index (χ4v) is 2.91. The van der Waals surface area contributed by atoms with Crippen LogP contribution in [0.4, 0.5) is 0 Å². The van der Waals surface area contributed by atoms with Gasteiger partial charge in [-0.05, 0) is 13.8 Å². The first kappa shape index (κ1) is 10.0. The Balaban J connectivity index is 2.44. The molecule has 0 spiro atoms. The SMILES string of the molecule is Cc1nccn1S(=O)(=O)N1C=CNC1C. The summed E-state index contributed by atoms with van der Waals surface area (Å²) < 4.78 is 26.6. The number of nitrogens with one attached hydrogen (secondary N) is 1. The van der Waals surface area contributed by atoms with Crippen LogP contribution in [0.1, 0.15) is 12.7 Å². The monoisotopic (exact) mass is 228 g/mol. The topological polar surface area (TPSA) is 67.2 Å². The van der Waals surface area contributed by atoms with Crippen molar-refractivity contribution in [2.45, 2.75) is 20.0 Å². The van der Waals surface area contributed by atoms with Gasteiger partial charge in [0.25, 0.3) is 0 Å². The van der Waals surface area contributed by atoms with Gasteiger partial charge < -0.3 is 5.32 Å². The average Bonchev–Trinajstić information content (AvgIpc) is 2.73. The summed E-state index contributed by atoms with van der Waals surface area (Å²) in [5.74, 6) is 0.447. The minimum absolute atomic E-state index is 0.267. The number of hydrogen-bond acceptors (Lipinski definition) is 4. The van der Waals surface area contributed by atoms with E-state index in [9.17, 15) is 8.42 Å². The fourth-order valence-electron chi connectivity index (χ4n) is 1.45.